The maximum Gasteiger partial charge on any atom is 0.219 e. The largest absolute Gasteiger partial charge is 0.353 e. The Hall–Kier alpha value is -0.840. The van der Waals surface area contributed by atoms with E-state index in [1.807, 2.05) is 30.3 Å². The lowest BCUT2D eigenvalue weighted by Gasteiger charge is -2.22. The van der Waals surface area contributed by atoms with E-state index in [1.54, 1.807) is 0 Å². The minimum atomic E-state index is -0.0637. The first-order valence-corrected chi connectivity index (χ1v) is 7.30. The zero-order chi connectivity index (χ0) is 12.6. The monoisotopic (exact) mass is 266 g/mol. The Labute approximate surface area is 112 Å². The summed E-state index contributed by atoms with van der Waals surface area (Å²) < 4.78 is 11.0. The molecule has 0 amide bonds. The third-order valence-corrected chi connectivity index (χ3v) is 3.64. The van der Waals surface area contributed by atoms with Crippen LogP contribution in [0.4, 0.5) is 0 Å². The van der Waals surface area contributed by atoms with Gasteiger partial charge in [0, 0.05) is 17.9 Å². The van der Waals surface area contributed by atoms with Crippen molar-refractivity contribution in [3.63, 3.8) is 0 Å². The van der Waals surface area contributed by atoms with Gasteiger partial charge in [0.05, 0.1) is 6.61 Å². The van der Waals surface area contributed by atoms with E-state index in [0.717, 1.165) is 25.0 Å². The van der Waals surface area contributed by atoms with Crippen molar-refractivity contribution < 1.29 is 14.3 Å². The molecule has 0 bridgehead atoms. The Bertz CT molecular complexity index is 361. The summed E-state index contributed by atoms with van der Waals surface area (Å²) in [6, 6.07) is 9.33. The Balaban J connectivity index is 1.62. The van der Waals surface area contributed by atoms with Crippen molar-refractivity contribution in [3.05, 3.63) is 35.9 Å². The van der Waals surface area contributed by atoms with Gasteiger partial charge in [-0.05, 0) is 19.3 Å². The molecule has 2 rings (SSSR count). The van der Waals surface area contributed by atoms with Crippen LogP contribution in [0.25, 0.3) is 0 Å². The number of carbonyl (C=O) groups excluding carboxylic acids is 1. The van der Waals surface area contributed by atoms with Gasteiger partial charge in [0.2, 0.25) is 5.12 Å². The molecule has 1 aliphatic heterocycles. The summed E-state index contributed by atoms with van der Waals surface area (Å²) in [5.41, 5.74) is 0.747. The average molecular weight is 266 g/mol. The zero-order valence-electron chi connectivity index (χ0n) is 10.3. The van der Waals surface area contributed by atoms with Crippen LogP contribution in [0.3, 0.4) is 0 Å². The van der Waals surface area contributed by atoms with Crippen molar-refractivity contribution >= 4 is 16.9 Å². The third-order valence-electron chi connectivity index (χ3n) is 2.77. The van der Waals surface area contributed by atoms with E-state index >= 15 is 0 Å². The molecule has 1 unspecified atom stereocenters. The topological polar surface area (TPSA) is 35.5 Å². The number of carbonyl (C=O) groups is 1. The predicted octanol–water partition coefficient (Wildman–Crippen LogP) is 3.10. The molecule has 0 aliphatic carbocycles. The highest BCUT2D eigenvalue weighted by Gasteiger charge is 2.14. The molecule has 0 N–H and O–H groups in total. The molecule has 0 saturated carbocycles. The van der Waals surface area contributed by atoms with Crippen LogP contribution in [0.5, 0.6) is 0 Å². The summed E-state index contributed by atoms with van der Waals surface area (Å²) in [6.45, 7) is 1.36. The molecule has 1 saturated heterocycles. The van der Waals surface area contributed by atoms with Gasteiger partial charge >= 0.3 is 0 Å². The molecule has 1 fully saturated rings. The fourth-order valence-corrected chi connectivity index (χ4v) is 2.48. The lowest BCUT2D eigenvalue weighted by atomic mass is 10.2. The summed E-state index contributed by atoms with van der Waals surface area (Å²) in [5.74, 6) is 0.674. The fraction of sp³-hybridized carbons (Fsp3) is 0.500. The van der Waals surface area contributed by atoms with Gasteiger partial charge < -0.3 is 9.47 Å². The Morgan fingerprint density at radius 1 is 1.33 bits per heavy atom. The molecule has 18 heavy (non-hydrogen) atoms. The first-order valence-electron chi connectivity index (χ1n) is 6.31. The maximum absolute atomic E-state index is 11.8. The van der Waals surface area contributed by atoms with Crippen molar-refractivity contribution in [3.8, 4) is 0 Å². The number of hydrogen-bond donors (Lipinski definition) is 0. The van der Waals surface area contributed by atoms with E-state index in [-0.39, 0.29) is 11.4 Å². The Morgan fingerprint density at radius 3 is 2.89 bits per heavy atom. The molecule has 1 aliphatic rings. The highest BCUT2D eigenvalue weighted by atomic mass is 32.2. The van der Waals surface area contributed by atoms with Crippen LogP contribution in [0.1, 0.15) is 29.6 Å². The third kappa shape index (κ3) is 4.44. The van der Waals surface area contributed by atoms with Gasteiger partial charge in [-0.15, -0.1) is 0 Å². The van der Waals surface area contributed by atoms with Gasteiger partial charge in [-0.2, -0.15) is 0 Å². The second-order valence-electron chi connectivity index (χ2n) is 4.17. The molecule has 0 aromatic heterocycles. The molecule has 3 nitrogen and oxygen atoms in total. The van der Waals surface area contributed by atoms with E-state index in [4.69, 9.17) is 9.47 Å². The Morgan fingerprint density at radius 2 is 2.17 bits per heavy atom. The minimum absolute atomic E-state index is 0.0637. The summed E-state index contributed by atoms with van der Waals surface area (Å²) >= 11 is 1.30. The van der Waals surface area contributed by atoms with Crippen LogP contribution in [-0.4, -0.2) is 30.4 Å². The number of rotatable bonds is 5. The normalized spacial score (nSPS) is 19.7. The summed E-state index contributed by atoms with van der Waals surface area (Å²) in [5, 5.41) is 0.101. The molecule has 0 spiro atoms. The van der Waals surface area contributed by atoms with E-state index < -0.39 is 0 Å². The molecular weight excluding hydrogens is 248 g/mol. The smallest absolute Gasteiger partial charge is 0.219 e. The number of benzene rings is 1. The number of thioether (sulfide) groups is 1. The van der Waals surface area contributed by atoms with Crippen molar-refractivity contribution in [1.29, 1.82) is 0 Å². The first-order chi connectivity index (χ1) is 8.86. The molecule has 1 heterocycles. The lowest BCUT2D eigenvalue weighted by Crippen LogP contribution is -2.23. The summed E-state index contributed by atoms with van der Waals surface area (Å²) in [4.78, 5) is 11.8. The summed E-state index contributed by atoms with van der Waals surface area (Å²) in [6.07, 6.45) is 3.20. The molecule has 0 radical (unpaired) electrons. The van der Waals surface area contributed by atoms with Crippen LogP contribution < -0.4 is 0 Å². The predicted molar refractivity (Wildman–Crippen MR) is 72.8 cm³/mol. The zero-order valence-corrected chi connectivity index (χ0v) is 11.2. The van der Waals surface area contributed by atoms with Gasteiger partial charge in [-0.3, -0.25) is 4.79 Å². The van der Waals surface area contributed by atoms with Gasteiger partial charge in [-0.25, -0.2) is 0 Å². The standard InChI is InChI=1S/C14H18O3S/c15-14(12-6-2-1-3-7-12)18-11-10-17-13-8-4-5-9-16-13/h1-3,6-7,13H,4-5,8-11H2. The van der Waals surface area contributed by atoms with Crippen LogP contribution in [0, 0.1) is 0 Å². The van der Waals surface area contributed by atoms with E-state index in [0.29, 0.717) is 12.4 Å². The van der Waals surface area contributed by atoms with E-state index in [9.17, 15) is 4.79 Å². The van der Waals surface area contributed by atoms with Gasteiger partial charge in [0.15, 0.2) is 6.29 Å². The highest BCUT2D eigenvalue weighted by molar-refractivity contribution is 8.14. The van der Waals surface area contributed by atoms with Gasteiger partial charge in [-0.1, -0.05) is 42.1 Å². The van der Waals surface area contributed by atoms with Crippen molar-refractivity contribution in [2.24, 2.45) is 0 Å². The number of hydrogen-bond acceptors (Lipinski definition) is 4. The van der Waals surface area contributed by atoms with Crippen LogP contribution in [0.2, 0.25) is 0 Å². The van der Waals surface area contributed by atoms with Crippen LogP contribution in [0.15, 0.2) is 30.3 Å². The van der Waals surface area contributed by atoms with Crippen LogP contribution >= 0.6 is 11.8 Å². The maximum atomic E-state index is 11.8. The summed E-state index contributed by atoms with van der Waals surface area (Å²) in [7, 11) is 0. The minimum Gasteiger partial charge on any atom is -0.353 e. The first kappa shape index (κ1) is 13.6. The molecule has 1 aromatic carbocycles. The Kier molecular flexibility index (Phi) is 5.71. The fourth-order valence-electron chi connectivity index (χ4n) is 1.81. The molecule has 1 aromatic rings. The quantitative estimate of drug-likeness (QED) is 0.767. The van der Waals surface area contributed by atoms with E-state index in [1.165, 1.54) is 18.2 Å². The molecule has 4 heteroatoms. The average Bonchev–Trinajstić information content (AvgIpc) is 2.45. The molecule has 98 valence electrons. The molecular formula is C14H18O3S. The van der Waals surface area contributed by atoms with Gasteiger partial charge in [0.1, 0.15) is 0 Å². The number of ether oxygens (including phenoxy) is 2. The van der Waals surface area contributed by atoms with Crippen molar-refractivity contribution in [1.82, 2.24) is 0 Å². The van der Waals surface area contributed by atoms with Crippen molar-refractivity contribution in [2.45, 2.75) is 25.6 Å². The van der Waals surface area contributed by atoms with E-state index in [2.05, 4.69) is 0 Å². The van der Waals surface area contributed by atoms with Crippen molar-refractivity contribution in [2.75, 3.05) is 19.0 Å². The second kappa shape index (κ2) is 7.56. The second-order valence-corrected chi connectivity index (χ2v) is 5.24. The highest BCUT2D eigenvalue weighted by Crippen LogP contribution is 2.15. The van der Waals surface area contributed by atoms with Gasteiger partial charge in [0.25, 0.3) is 0 Å². The SMILES string of the molecule is O=C(SCCOC1CCCCO1)c1ccccc1. The lowest BCUT2D eigenvalue weighted by molar-refractivity contribution is -0.158. The van der Waals surface area contributed by atoms with Crippen LogP contribution in [-0.2, 0) is 9.47 Å². The molecule has 1 atom stereocenters.